The van der Waals surface area contributed by atoms with Gasteiger partial charge in [-0.15, -0.1) is 0 Å². The maximum absolute atomic E-state index is 12.8. The van der Waals surface area contributed by atoms with Crippen molar-refractivity contribution >= 4 is 0 Å². The van der Waals surface area contributed by atoms with Crippen LogP contribution < -0.4 is 0 Å². The third-order valence-corrected chi connectivity index (χ3v) is 2.12. The number of allylic oxidation sites excluding steroid dienone is 2. The van der Waals surface area contributed by atoms with Gasteiger partial charge >= 0.3 is 0 Å². The van der Waals surface area contributed by atoms with Gasteiger partial charge in [0.25, 0.3) is 0 Å². The fourth-order valence-electron chi connectivity index (χ4n) is 1.06. The molecule has 2 unspecified atom stereocenters. The van der Waals surface area contributed by atoms with Gasteiger partial charge in [-0.25, -0.2) is 4.39 Å². The van der Waals surface area contributed by atoms with E-state index < -0.39 is 6.17 Å². The topological polar surface area (TPSA) is 0 Å². The highest BCUT2D eigenvalue weighted by Crippen LogP contribution is 2.16. The van der Waals surface area contributed by atoms with Crippen LogP contribution in [0.25, 0.3) is 0 Å². The van der Waals surface area contributed by atoms with Gasteiger partial charge in [-0.3, -0.25) is 0 Å². The standard InChI is InChI=1S/C10H19F/c1-5-8(3)7-10(6-2)9(4)11/h7,9-10H,5-6H2,1-4H3. The zero-order valence-corrected chi connectivity index (χ0v) is 8.02. The minimum atomic E-state index is -0.707. The second-order valence-electron chi connectivity index (χ2n) is 3.12. The van der Waals surface area contributed by atoms with Crippen LogP contribution in [-0.2, 0) is 0 Å². The molecule has 0 nitrogen and oxygen atoms in total. The van der Waals surface area contributed by atoms with E-state index in [4.69, 9.17) is 0 Å². The Bertz CT molecular complexity index is 125. The van der Waals surface area contributed by atoms with Crippen molar-refractivity contribution in [2.45, 2.75) is 46.7 Å². The number of hydrogen-bond acceptors (Lipinski definition) is 0. The van der Waals surface area contributed by atoms with Crippen LogP contribution in [0.15, 0.2) is 11.6 Å². The van der Waals surface area contributed by atoms with Crippen LogP contribution in [0.5, 0.6) is 0 Å². The largest absolute Gasteiger partial charge is 0.247 e. The summed E-state index contributed by atoms with van der Waals surface area (Å²) in [5, 5.41) is 0. The molecule has 0 saturated heterocycles. The van der Waals surface area contributed by atoms with Crippen LogP contribution in [-0.4, -0.2) is 6.17 Å². The molecule has 0 N–H and O–H groups in total. The Hall–Kier alpha value is -0.330. The Morgan fingerprint density at radius 3 is 2.27 bits per heavy atom. The lowest BCUT2D eigenvalue weighted by Crippen LogP contribution is -2.08. The molecule has 2 atom stereocenters. The van der Waals surface area contributed by atoms with E-state index in [2.05, 4.69) is 19.9 Å². The molecule has 0 amide bonds. The monoisotopic (exact) mass is 158 g/mol. The zero-order valence-electron chi connectivity index (χ0n) is 8.02. The van der Waals surface area contributed by atoms with E-state index in [1.54, 1.807) is 6.92 Å². The lowest BCUT2D eigenvalue weighted by molar-refractivity contribution is 0.280. The third-order valence-electron chi connectivity index (χ3n) is 2.12. The molecule has 0 radical (unpaired) electrons. The highest BCUT2D eigenvalue weighted by Gasteiger charge is 2.10. The van der Waals surface area contributed by atoms with Crippen molar-refractivity contribution in [3.63, 3.8) is 0 Å². The molecule has 0 aliphatic heterocycles. The van der Waals surface area contributed by atoms with Gasteiger partial charge in [-0.1, -0.05) is 25.5 Å². The van der Waals surface area contributed by atoms with E-state index in [-0.39, 0.29) is 5.92 Å². The van der Waals surface area contributed by atoms with Gasteiger partial charge in [-0.2, -0.15) is 0 Å². The van der Waals surface area contributed by atoms with Crippen molar-refractivity contribution in [2.75, 3.05) is 0 Å². The molecule has 0 aromatic rings. The lowest BCUT2D eigenvalue weighted by Gasteiger charge is -2.12. The maximum Gasteiger partial charge on any atom is 0.104 e. The third kappa shape index (κ3) is 4.18. The van der Waals surface area contributed by atoms with Crippen LogP contribution in [0, 0.1) is 5.92 Å². The molecule has 0 fully saturated rings. The molecule has 0 aliphatic carbocycles. The van der Waals surface area contributed by atoms with Gasteiger partial charge in [0, 0.05) is 5.92 Å². The molecule has 0 heterocycles. The van der Waals surface area contributed by atoms with Crippen LogP contribution in [0.3, 0.4) is 0 Å². The molecule has 0 aromatic heterocycles. The van der Waals surface area contributed by atoms with Crippen LogP contribution in [0.1, 0.15) is 40.5 Å². The Labute approximate surface area is 69.5 Å². The highest BCUT2D eigenvalue weighted by molar-refractivity contribution is 5.01. The predicted molar refractivity (Wildman–Crippen MR) is 48.4 cm³/mol. The quantitative estimate of drug-likeness (QED) is 0.547. The highest BCUT2D eigenvalue weighted by atomic mass is 19.1. The molecule has 0 aliphatic rings. The van der Waals surface area contributed by atoms with Crippen LogP contribution in [0.2, 0.25) is 0 Å². The van der Waals surface area contributed by atoms with Gasteiger partial charge in [-0.05, 0) is 26.7 Å². The van der Waals surface area contributed by atoms with Gasteiger partial charge < -0.3 is 0 Å². The predicted octanol–water partition coefficient (Wildman–Crippen LogP) is 3.73. The fourth-order valence-corrected chi connectivity index (χ4v) is 1.06. The average Bonchev–Trinajstić information content (AvgIpc) is 1.99. The summed E-state index contributed by atoms with van der Waals surface area (Å²) in [6, 6.07) is 0. The van der Waals surface area contributed by atoms with Crippen LogP contribution in [0.4, 0.5) is 4.39 Å². The average molecular weight is 158 g/mol. The smallest absolute Gasteiger partial charge is 0.104 e. The molecule has 11 heavy (non-hydrogen) atoms. The van der Waals surface area contributed by atoms with E-state index in [0.717, 1.165) is 12.8 Å². The molecule has 0 aromatic carbocycles. The summed E-state index contributed by atoms with van der Waals surface area (Å²) in [5.74, 6) is 0.120. The number of hydrogen-bond donors (Lipinski definition) is 0. The van der Waals surface area contributed by atoms with E-state index >= 15 is 0 Å². The molecule has 0 rings (SSSR count). The second kappa shape index (κ2) is 5.34. The summed E-state index contributed by atoms with van der Waals surface area (Å²) in [4.78, 5) is 0. The van der Waals surface area contributed by atoms with Gasteiger partial charge in [0.05, 0.1) is 0 Å². The summed E-state index contributed by atoms with van der Waals surface area (Å²) in [5.41, 5.74) is 1.29. The Kier molecular flexibility index (Phi) is 5.18. The Morgan fingerprint density at radius 2 is 2.00 bits per heavy atom. The van der Waals surface area contributed by atoms with Crippen molar-refractivity contribution in [3.8, 4) is 0 Å². The van der Waals surface area contributed by atoms with Crippen molar-refractivity contribution in [2.24, 2.45) is 5.92 Å². The fraction of sp³-hybridized carbons (Fsp3) is 0.800. The van der Waals surface area contributed by atoms with E-state index in [9.17, 15) is 4.39 Å². The van der Waals surface area contributed by atoms with Crippen molar-refractivity contribution in [1.29, 1.82) is 0 Å². The first-order valence-corrected chi connectivity index (χ1v) is 4.43. The first-order chi connectivity index (χ1) is 5.11. The van der Waals surface area contributed by atoms with Gasteiger partial charge in [0.1, 0.15) is 6.17 Å². The lowest BCUT2D eigenvalue weighted by atomic mass is 9.98. The summed E-state index contributed by atoms with van der Waals surface area (Å²) in [6.07, 6.45) is 3.28. The number of alkyl halides is 1. The second-order valence-corrected chi connectivity index (χ2v) is 3.12. The summed E-state index contributed by atoms with van der Waals surface area (Å²) in [6.45, 7) is 7.82. The molecule has 1 heteroatoms. The van der Waals surface area contributed by atoms with Gasteiger partial charge in [0.15, 0.2) is 0 Å². The number of rotatable bonds is 4. The molecular formula is C10H19F. The zero-order chi connectivity index (χ0) is 8.85. The normalized spacial score (nSPS) is 18.1. The summed E-state index contributed by atoms with van der Waals surface area (Å²) >= 11 is 0. The minimum Gasteiger partial charge on any atom is -0.247 e. The Morgan fingerprint density at radius 1 is 1.45 bits per heavy atom. The van der Waals surface area contributed by atoms with Gasteiger partial charge in [0.2, 0.25) is 0 Å². The molecule has 0 saturated carbocycles. The maximum atomic E-state index is 12.8. The SMILES string of the molecule is CCC(C)=CC(CC)C(C)F. The minimum absolute atomic E-state index is 0.120. The van der Waals surface area contributed by atoms with Crippen molar-refractivity contribution < 1.29 is 4.39 Å². The van der Waals surface area contributed by atoms with Crippen molar-refractivity contribution in [1.82, 2.24) is 0 Å². The summed E-state index contributed by atoms with van der Waals surface area (Å²) in [7, 11) is 0. The van der Waals surface area contributed by atoms with E-state index in [0.29, 0.717) is 0 Å². The molecular weight excluding hydrogens is 139 g/mol. The van der Waals surface area contributed by atoms with E-state index in [1.807, 2.05) is 6.92 Å². The molecule has 0 spiro atoms. The molecule has 66 valence electrons. The first kappa shape index (κ1) is 10.7. The van der Waals surface area contributed by atoms with Crippen LogP contribution >= 0.6 is 0 Å². The van der Waals surface area contributed by atoms with E-state index in [1.165, 1.54) is 5.57 Å². The first-order valence-electron chi connectivity index (χ1n) is 4.43. The van der Waals surface area contributed by atoms with Crippen molar-refractivity contribution in [3.05, 3.63) is 11.6 Å². The Balaban J connectivity index is 4.06. The number of halogens is 1. The summed E-state index contributed by atoms with van der Waals surface area (Å²) < 4.78 is 12.8. The molecule has 0 bridgehead atoms.